The molecule has 0 heterocycles. The van der Waals surface area contributed by atoms with Crippen LogP contribution in [0.5, 0.6) is 0 Å². The van der Waals surface area contributed by atoms with Crippen molar-refractivity contribution in [2.45, 2.75) is 32.9 Å². The molecule has 4 nitrogen and oxygen atoms in total. The lowest BCUT2D eigenvalue weighted by Gasteiger charge is -2.33. The molecule has 0 aliphatic rings. The van der Waals surface area contributed by atoms with Crippen LogP contribution < -0.4 is 11.1 Å². The zero-order valence-corrected chi connectivity index (χ0v) is 13.1. The summed E-state index contributed by atoms with van der Waals surface area (Å²) in [5.74, 6) is 0.316. The first kappa shape index (κ1) is 20.5. The molecule has 5 heteroatoms. The van der Waals surface area contributed by atoms with Gasteiger partial charge in [0.1, 0.15) is 0 Å². The molecule has 0 spiro atoms. The topological polar surface area (TPSA) is 58.4 Å². The molecular formula is C14H28ClN3O. The van der Waals surface area contributed by atoms with Crippen LogP contribution in [0.3, 0.4) is 0 Å². The number of hydrogen-bond donors (Lipinski definition) is 2. The van der Waals surface area contributed by atoms with E-state index in [1.54, 1.807) is 6.92 Å². The molecule has 0 aromatic carbocycles. The zero-order valence-electron chi connectivity index (χ0n) is 12.3. The van der Waals surface area contributed by atoms with Crippen molar-refractivity contribution >= 4 is 18.3 Å². The number of nitrogens with two attached hydrogens (primary N) is 1. The molecular weight excluding hydrogens is 262 g/mol. The van der Waals surface area contributed by atoms with Crippen LogP contribution >= 0.6 is 12.4 Å². The predicted molar refractivity (Wildman–Crippen MR) is 84.5 cm³/mol. The fourth-order valence-corrected chi connectivity index (χ4v) is 1.83. The second kappa shape index (κ2) is 11.0. The second-order valence-electron chi connectivity index (χ2n) is 4.88. The number of nitrogens with zero attached hydrogens (tertiary/aromatic N) is 1. The number of amides is 1. The lowest BCUT2D eigenvalue weighted by Crippen LogP contribution is -2.49. The van der Waals surface area contributed by atoms with Crippen LogP contribution in [-0.2, 0) is 4.79 Å². The van der Waals surface area contributed by atoms with Gasteiger partial charge in [0.05, 0.1) is 6.04 Å². The Morgan fingerprint density at radius 3 is 2.05 bits per heavy atom. The average Bonchev–Trinajstić information content (AvgIpc) is 2.28. The highest BCUT2D eigenvalue weighted by molar-refractivity contribution is 5.85. The maximum absolute atomic E-state index is 11.5. The van der Waals surface area contributed by atoms with Gasteiger partial charge in [0, 0.05) is 25.7 Å². The Bertz CT molecular complexity index is 270. The molecule has 0 rings (SSSR count). The SMILES string of the molecule is C=CCN(CC=C)C(CNC(=O)C(C)N)C(C)C.Cl. The lowest BCUT2D eigenvalue weighted by atomic mass is 10.0. The quantitative estimate of drug-likeness (QED) is 0.634. The van der Waals surface area contributed by atoms with Gasteiger partial charge >= 0.3 is 0 Å². The largest absolute Gasteiger partial charge is 0.353 e. The second-order valence-corrected chi connectivity index (χ2v) is 4.88. The lowest BCUT2D eigenvalue weighted by molar-refractivity contribution is -0.122. The Hall–Kier alpha value is -0.840. The maximum Gasteiger partial charge on any atom is 0.236 e. The first-order valence-electron chi connectivity index (χ1n) is 6.43. The summed E-state index contributed by atoms with van der Waals surface area (Å²) in [4.78, 5) is 13.8. The van der Waals surface area contributed by atoms with E-state index in [0.29, 0.717) is 12.5 Å². The van der Waals surface area contributed by atoms with Crippen LogP contribution in [-0.4, -0.2) is 42.5 Å². The van der Waals surface area contributed by atoms with Gasteiger partial charge in [0.25, 0.3) is 0 Å². The zero-order chi connectivity index (χ0) is 14.1. The fraction of sp³-hybridized carbons (Fsp3) is 0.643. The summed E-state index contributed by atoms with van der Waals surface area (Å²) in [6.07, 6.45) is 3.73. The molecule has 0 aromatic heterocycles. The van der Waals surface area contributed by atoms with Crippen molar-refractivity contribution in [2.24, 2.45) is 11.7 Å². The Morgan fingerprint density at radius 2 is 1.74 bits per heavy atom. The van der Waals surface area contributed by atoms with Gasteiger partial charge in [-0.2, -0.15) is 0 Å². The van der Waals surface area contributed by atoms with Crippen molar-refractivity contribution in [1.82, 2.24) is 10.2 Å². The van der Waals surface area contributed by atoms with Crippen molar-refractivity contribution < 1.29 is 4.79 Å². The predicted octanol–water partition coefficient (Wildman–Crippen LogP) is 1.57. The molecule has 0 fully saturated rings. The molecule has 1 amide bonds. The smallest absolute Gasteiger partial charge is 0.236 e. The summed E-state index contributed by atoms with van der Waals surface area (Å²) in [6.45, 7) is 15.7. The Kier molecular flexibility index (Phi) is 11.9. The van der Waals surface area contributed by atoms with E-state index in [1.165, 1.54) is 0 Å². The van der Waals surface area contributed by atoms with Crippen molar-refractivity contribution in [3.05, 3.63) is 25.3 Å². The number of rotatable bonds is 9. The summed E-state index contributed by atoms with van der Waals surface area (Å²) < 4.78 is 0. The fourth-order valence-electron chi connectivity index (χ4n) is 1.83. The summed E-state index contributed by atoms with van der Waals surface area (Å²) in [6, 6.07) is -0.214. The normalized spacial score (nSPS) is 13.6. The highest BCUT2D eigenvalue weighted by Gasteiger charge is 2.21. The molecule has 0 aliphatic carbocycles. The molecule has 0 aromatic rings. The first-order valence-corrected chi connectivity index (χ1v) is 6.43. The van der Waals surface area contributed by atoms with Crippen molar-refractivity contribution in [3.8, 4) is 0 Å². The van der Waals surface area contributed by atoms with Gasteiger partial charge < -0.3 is 11.1 Å². The molecule has 0 aliphatic heterocycles. The summed E-state index contributed by atoms with van der Waals surface area (Å²) in [5, 5.41) is 2.89. The summed E-state index contributed by atoms with van der Waals surface area (Å²) in [7, 11) is 0. The van der Waals surface area contributed by atoms with Crippen LogP contribution in [0.2, 0.25) is 0 Å². The number of carbonyl (C=O) groups is 1. The van der Waals surface area contributed by atoms with E-state index in [1.807, 2.05) is 12.2 Å². The minimum Gasteiger partial charge on any atom is -0.353 e. The minimum atomic E-state index is -0.468. The highest BCUT2D eigenvalue weighted by Crippen LogP contribution is 2.10. The van der Waals surface area contributed by atoms with Gasteiger partial charge in [-0.3, -0.25) is 9.69 Å². The van der Waals surface area contributed by atoms with Crippen LogP contribution in [0.1, 0.15) is 20.8 Å². The van der Waals surface area contributed by atoms with Gasteiger partial charge in [0.15, 0.2) is 0 Å². The molecule has 2 atom stereocenters. The van der Waals surface area contributed by atoms with Crippen LogP contribution in [0, 0.1) is 5.92 Å². The van der Waals surface area contributed by atoms with Gasteiger partial charge in [-0.05, 0) is 12.8 Å². The van der Waals surface area contributed by atoms with Crippen LogP contribution in [0.15, 0.2) is 25.3 Å². The summed E-state index contributed by atoms with van der Waals surface area (Å²) >= 11 is 0. The van der Waals surface area contributed by atoms with E-state index < -0.39 is 6.04 Å². The average molecular weight is 290 g/mol. The number of hydrogen-bond acceptors (Lipinski definition) is 3. The third-order valence-corrected chi connectivity index (χ3v) is 2.86. The van der Waals surface area contributed by atoms with E-state index in [9.17, 15) is 4.79 Å². The minimum absolute atomic E-state index is 0. The molecule has 3 N–H and O–H groups in total. The maximum atomic E-state index is 11.5. The van der Waals surface area contributed by atoms with Gasteiger partial charge in [-0.1, -0.05) is 26.0 Å². The molecule has 0 bridgehead atoms. The van der Waals surface area contributed by atoms with Crippen LogP contribution in [0.25, 0.3) is 0 Å². The van der Waals surface area contributed by atoms with Crippen LogP contribution in [0.4, 0.5) is 0 Å². The molecule has 0 radical (unpaired) electrons. The number of carbonyl (C=O) groups excluding carboxylic acids is 1. The molecule has 2 unspecified atom stereocenters. The molecule has 0 saturated heterocycles. The third kappa shape index (κ3) is 8.03. The van der Waals surface area contributed by atoms with E-state index in [-0.39, 0.29) is 24.4 Å². The van der Waals surface area contributed by atoms with Crippen molar-refractivity contribution in [3.63, 3.8) is 0 Å². The number of nitrogens with one attached hydrogen (secondary N) is 1. The molecule has 19 heavy (non-hydrogen) atoms. The van der Waals surface area contributed by atoms with E-state index in [4.69, 9.17) is 5.73 Å². The molecule has 112 valence electrons. The van der Waals surface area contributed by atoms with Crippen molar-refractivity contribution in [2.75, 3.05) is 19.6 Å². The van der Waals surface area contributed by atoms with Gasteiger partial charge in [-0.15, -0.1) is 25.6 Å². The van der Waals surface area contributed by atoms with E-state index in [0.717, 1.165) is 13.1 Å². The van der Waals surface area contributed by atoms with Crippen molar-refractivity contribution in [1.29, 1.82) is 0 Å². The molecule has 0 saturated carbocycles. The monoisotopic (exact) mass is 289 g/mol. The first-order chi connectivity index (χ1) is 8.43. The highest BCUT2D eigenvalue weighted by atomic mass is 35.5. The standard InChI is InChI=1S/C14H27N3O.ClH/c1-6-8-17(9-7-2)13(11(3)4)10-16-14(18)12(5)15;/h6-7,11-13H,1-2,8-10,15H2,3-5H3,(H,16,18);1H. The third-order valence-electron chi connectivity index (χ3n) is 2.86. The Labute approximate surface area is 123 Å². The van der Waals surface area contributed by atoms with E-state index >= 15 is 0 Å². The number of halogens is 1. The van der Waals surface area contributed by atoms with Gasteiger partial charge in [-0.25, -0.2) is 0 Å². The summed E-state index contributed by atoms with van der Waals surface area (Å²) in [5.41, 5.74) is 5.53. The van der Waals surface area contributed by atoms with Gasteiger partial charge in [0.2, 0.25) is 5.91 Å². The Balaban J connectivity index is 0. The van der Waals surface area contributed by atoms with E-state index in [2.05, 4.69) is 37.2 Å². The Morgan fingerprint density at radius 1 is 1.26 bits per heavy atom.